The number of hydrogen-bond acceptors (Lipinski definition) is 5. The largest absolute Gasteiger partial charge is 0.301 e. The van der Waals surface area contributed by atoms with E-state index in [9.17, 15) is 23.7 Å². The molecule has 6 nitrogen and oxygen atoms in total. The van der Waals surface area contributed by atoms with Gasteiger partial charge in [0.1, 0.15) is 11.6 Å². The van der Waals surface area contributed by atoms with Gasteiger partial charge >= 0.3 is 0 Å². The third kappa shape index (κ3) is 4.51. The van der Waals surface area contributed by atoms with Crippen LogP contribution in [-0.2, 0) is 5.75 Å². The Morgan fingerprint density at radius 1 is 1.17 bits per heavy atom. The quantitative estimate of drug-likeness (QED) is 0.272. The van der Waals surface area contributed by atoms with Gasteiger partial charge in [-0.1, -0.05) is 36.9 Å². The number of H-pyrrole nitrogens is 1. The monoisotopic (exact) mass is 417 g/mol. The van der Waals surface area contributed by atoms with E-state index >= 15 is 0 Å². The van der Waals surface area contributed by atoms with E-state index in [0.29, 0.717) is 22.2 Å². The number of rotatable bonds is 6. The molecular weight excluding hydrogens is 400 g/mol. The number of thioether (sulfide) groups is 1. The van der Waals surface area contributed by atoms with Gasteiger partial charge in [-0.05, 0) is 24.6 Å². The fourth-order valence-electron chi connectivity index (χ4n) is 2.95. The van der Waals surface area contributed by atoms with E-state index in [2.05, 4.69) is 9.97 Å². The second-order valence-electron chi connectivity index (χ2n) is 6.45. The third-order valence-electron chi connectivity index (χ3n) is 4.53. The van der Waals surface area contributed by atoms with Crippen molar-refractivity contribution in [2.75, 3.05) is 0 Å². The molecule has 2 aromatic carbocycles. The van der Waals surface area contributed by atoms with Crippen LogP contribution in [0.5, 0.6) is 0 Å². The average Bonchev–Trinajstić information content (AvgIpc) is 2.68. The SMILES string of the molecule is Cc1c(C(C)c2c(F)cccc2F)nc(SCc2ccc([N+](=O)[O-])cc2)[nH]c1=O. The molecule has 0 saturated carbocycles. The number of aromatic amines is 1. The van der Waals surface area contributed by atoms with Gasteiger partial charge in [0, 0.05) is 34.9 Å². The van der Waals surface area contributed by atoms with Gasteiger partial charge in [-0.15, -0.1) is 0 Å². The van der Waals surface area contributed by atoms with Crippen molar-refractivity contribution in [2.45, 2.75) is 30.7 Å². The number of hydrogen-bond donors (Lipinski definition) is 1. The molecule has 1 heterocycles. The first-order valence-electron chi connectivity index (χ1n) is 8.68. The van der Waals surface area contributed by atoms with Crippen molar-refractivity contribution in [3.05, 3.63) is 97.0 Å². The number of nitrogens with one attached hydrogen (secondary N) is 1. The molecule has 1 N–H and O–H groups in total. The molecule has 0 fully saturated rings. The number of nitro benzene ring substituents is 1. The van der Waals surface area contributed by atoms with Gasteiger partial charge in [-0.2, -0.15) is 0 Å². The standard InChI is InChI=1S/C20H17F2N3O3S/c1-11(17-15(21)4-3-5-16(17)22)18-12(2)19(26)24-20(23-18)29-10-13-6-8-14(9-7-13)25(27)28/h3-9,11H,10H2,1-2H3,(H,23,24,26). The van der Waals surface area contributed by atoms with Gasteiger partial charge in [0.25, 0.3) is 11.2 Å². The highest BCUT2D eigenvalue weighted by atomic mass is 32.2. The maximum Gasteiger partial charge on any atom is 0.269 e. The molecule has 0 bridgehead atoms. The predicted molar refractivity (Wildman–Crippen MR) is 106 cm³/mol. The van der Waals surface area contributed by atoms with E-state index in [1.54, 1.807) is 26.0 Å². The molecule has 3 aromatic rings. The average molecular weight is 417 g/mol. The fraction of sp³-hybridized carbons (Fsp3) is 0.200. The first-order chi connectivity index (χ1) is 13.8. The van der Waals surface area contributed by atoms with Crippen LogP contribution in [0.25, 0.3) is 0 Å². The Hall–Kier alpha value is -3.07. The fourth-order valence-corrected chi connectivity index (χ4v) is 3.77. The van der Waals surface area contributed by atoms with Gasteiger partial charge in [-0.25, -0.2) is 13.8 Å². The first kappa shape index (κ1) is 20.7. The summed E-state index contributed by atoms with van der Waals surface area (Å²) in [6, 6.07) is 9.66. The Morgan fingerprint density at radius 2 is 1.79 bits per heavy atom. The molecule has 0 amide bonds. The van der Waals surface area contributed by atoms with Crippen LogP contribution in [0.15, 0.2) is 52.4 Å². The Balaban J connectivity index is 1.87. The van der Waals surface area contributed by atoms with Crippen LogP contribution >= 0.6 is 11.8 Å². The maximum absolute atomic E-state index is 14.2. The van der Waals surface area contributed by atoms with Crippen LogP contribution in [0.4, 0.5) is 14.5 Å². The lowest BCUT2D eigenvalue weighted by Crippen LogP contribution is -2.18. The van der Waals surface area contributed by atoms with Crippen LogP contribution in [0, 0.1) is 28.7 Å². The van der Waals surface area contributed by atoms with Crippen LogP contribution in [0.2, 0.25) is 0 Å². The van der Waals surface area contributed by atoms with E-state index in [-0.39, 0.29) is 16.8 Å². The van der Waals surface area contributed by atoms with Crippen LogP contribution < -0.4 is 5.56 Å². The molecule has 0 saturated heterocycles. The molecular formula is C20H17F2N3O3S. The second kappa shape index (κ2) is 8.52. The summed E-state index contributed by atoms with van der Waals surface area (Å²) in [5.74, 6) is -1.73. The van der Waals surface area contributed by atoms with Gasteiger partial charge in [-0.3, -0.25) is 14.9 Å². The van der Waals surface area contributed by atoms with Crippen molar-refractivity contribution in [1.82, 2.24) is 9.97 Å². The minimum Gasteiger partial charge on any atom is -0.301 e. The highest BCUT2D eigenvalue weighted by Crippen LogP contribution is 2.30. The van der Waals surface area contributed by atoms with Crippen molar-refractivity contribution < 1.29 is 13.7 Å². The number of aromatic nitrogens is 2. The molecule has 3 rings (SSSR count). The number of non-ortho nitro benzene ring substituents is 1. The smallest absolute Gasteiger partial charge is 0.269 e. The predicted octanol–water partition coefficient (Wildman–Crippen LogP) is 4.71. The molecule has 0 aliphatic heterocycles. The summed E-state index contributed by atoms with van der Waals surface area (Å²) in [7, 11) is 0. The zero-order valence-corrected chi connectivity index (χ0v) is 16.4. The van der Waals surface area contributed by atoms with Crippen molar-refractivity contribution in [3.8, 4) is 0 Å². The summed E-state index contributed by atoms with van der Waals surface area (Å²) in [4.78, 5) is 29.6. The summed E-state index contributed by atoms with van der Waals surface area (Å²) in [5, 5.41) is 11.0. The highest BCUT2D eigenvalue weighted by molar-refractivity contribution is 7.98. The Bertz CT molecular complexity index is 1100. The molecule has 0 aliphatic rings. The molecule has 29 heavy (non-hydrogen) atoms. The normalized spacial score (nSPS) is 12.0. The van der Waals surface area contributed by atoms with Crippen molar-refractivity contribution in [3.63, 3.8) is 0 Å². The third-order valence-corrected chi connectivity index (χ3v) is 5.48. The van der Waals surface area contributed by atoms with Crippen LogP contribution in [0.3, 0.4) is 0 Å². The Kier molecular flexibility index (Phi) is 6.07. The molecule has 0 aliphatic carbocycles. The summed E-state index contributed by atoms with van der Waals surface area (Å²) in [6.45, 7) is 3.15. The van der Waals surface area contributed by atoms with E-state index in [0.717, 1.165) is 5.56 Å². The topological polar surface area (TPSA) is 88.9 Å². The zero-order chi connectivity index (χ0) is 21.1. The van der Waals surface area contributed by atoms with Crippen LogP contribution in [0.1, 0.15) is 35.2 Å². The lowest BCUT2D eigenvalue weighted by atomic mass is 9.94. The number of halogens is 2. The molecule has 0 radical (unpaired) electrons. The highest BCUT2D eigenvalue weighted by Gasteiger charge is 2.22. The van der Waals surface area contributed by atoms with E-state index < -0.39 is 22.5 Å². The molecule has 9 heteroatoms. The van der Waals surface area contributed by atoms with E-state index in [1.807, 2.05) is 0 Å². The van der Waals surface area contributed by atoms with Crippen molar-refractivity contribution in [1.29, 1.82) is 0 Å². The molecule has 150 valence electrons. The van der Waals surface area contributed by atoms with Crippen molar-refractivity contribution in [2.24, 2.45) is 0 Å². The zero-order valence-electron chi connectivity index (χ0n) is 15.6. The maximum atomic E-state index is 14.2. The van der Waals surface area contributed by atoms with Gasteiger partial charge in [0.2, 0.25) is 0 Å². The van der Waals surface area contributed by atoms with E-state index in [4.69, 9.17) is 0 Å². The minimum atomic E-state index is -0.753. The molecule has 1 unspecified atom stereocenters. The number of nitro groups is 1. The summed E-state index contributed by atoms with van der Waals surface area (Å²) >= 11 is 1.22. The molecule has 1 atom stereocenters. The lowest BCUT2D eigenvalue weighted by Gasteiger charge is -2.16. The lowest BCUT2D eigenvalue weighted by molar-refractivity contribution is -0.384. The summed E-state index contributed by atoms with van der Waals surface area (Å²) in [6.07, 6.45) is 0. The number of nitrogens with zero attached hydrogens (tertiary/aromatic N) is 2. The summed E-state index contributed by atoms with van der Waals surface area (Å²) < 4.78 is 28.3. The number of benzene rings is 2. The molecule has 0 spiro atoms. The van der Waals surface area contributed by atoms with E-state index in [1.165, 1.54) is 42.1 Å². The minimum absolute atomic E-state index is 0.0105. The Morgan fingerprint density at radius 3 is 2.38 bits per heavy atom. The molecule has 1 aromatic heterocycles. The van der Waals surface area contributed by atoms with Crippen molar-refractivity contribution >= 4 is 17.4 Å². The van der Waals surface area contributed by atoms with Gasteiger partial charge in [0.05, 0.1) is 10.6 Å². The summed E-state index contributed by atoms with van der Waals surface area (Å²) in [5.41, 5.74) is 0.857. The Labute approximate surface area is 169 Å². The second-order valence-corrected chi connectivity index (χ2v) is 7.41. The first-order valence-corrected chi connectivity index (χ1v) is 9.67. The van der Waals surface area contributed by atoms with Gasteiger partial charge < -0.3 is 4.98 Å². The van der Waals surface area contributed by atoms with Crippen LogP contribution in [-0.4, -0.2) is 14.9 Å². The van der Waals surface area contributed by atoms with Gasteiger partial charge in [0.15, 0.2) is 5.16 Å².